The van der Waals surface area contributed by atoms with Crippen LogP contribution < -0.4 is 5.01 Å². The summed E-state index contributed by atoms with van der Waals surface area (Å²) in [6, 6.07) is 7.73. The molecule has 0 bridgehead atoms. The summed E-state index contributed by atoms with van der Waals surface area (Å²) in [6.45, 7) is 1.63. The maximum Gasteiger partial charge on any atom is 0.334 e. The van der Waals surface area contributed by atoms with Gasteiger partial charge in [-0.15, -0.1) is 0 Å². The third-order valence-electron chi connectivity index (χ3n) is 3.37. The molecular formula is C14H16N2O4. The Hall–Kier alpha value is -1.89. The van der Waals surface area contributed by atoms with Crippen molar-refractivity contribution in [1.29, 1.82) is 0 Å². The van der Waals surface area contributed by atoms with Crippen LogP contribution in [0.5, 0.6) is 0 Å². The third-order valence-corrected chi connectivity index (χ3v) is 3.37. The lowest BCUT2D eigenvalue weighted by Gasteiger charge is -2.25. The molecule has 6 nitrogen and oxygen atoms in total. The Balaban J connectivity index is 1.79. The van der Waals surface area contributed by atoms with Crippen molar-refractivity contribution in [2.75, 3.05) is 31.8 Å². The fourth-order valence-corrected chi connectivity index (χ4v) is 2.34. The van der Waals surface area contributed by atoms with Crippen molar-refractivity contribution in [2.45, 2.75) is 6.29 Å². The van der Waals surface area contributed by atoms with Crippen LogP contribution in [0, 0.1) is 0 Å². The minimum Gasteiger partial charge on any atom is -0.478 e. The van der Waals surface area contributed by atoms with Gasteiger partial charge in [0.05, 0.1) is 31.0 Å². The number of hydrazine groups is 1. The number of aliphatic carboxylic acids is 1. The molecule has 2 aliphatic rings. The highest BCUT2D eigenvalue weighted by Gasteiger charge is 2.24. The lowest BCUT2D eigenvalue weighted by molar-refractivity contribution is -0.132. The van der Waals surface area contributed by atoms with E-state index in [9.17, 15) is 4.79 Å². The number of benzene rings is 1. The molecule has 0 aromatic heterocycles. The number of hydrogen-bond acceptors (Lipinski definition) is 5. The molecular weight excluding hydrogens is 260 g/mol. The van der Waals surface area contributed by atoms with Crippen molar-refractivity contribution >= 4 is 11.7 Å². The molecule has 1 aromatic carbocycles. The standard InChI is InChI=1S/C14H16N2O4/c1-15-8-11(13(17)18)9-16(15)12-4-2-10(3-5-12)14-19-6-7-20-14/h2-5,9,14H,6-8H2,1H3,(H,17,18). The van der Waals surface area contributed by atoms with E-state index in [1.165, 1.54) is 0 Å². The molecule has 1 N–H and O–H groups in total. The first-order valence-corrected chi connectivity index (χ1v) is 6.42. The maximum atomic E-state index is 11.0. The summed E-state index contributed by atoms with van der Waals surface area (Å²) in [7, 11) is 1.85. The summed E-state index contributed by atoms with van der Waals surface area (Å²) in [6.07, 6.45) is 1.35. The van der Waals surface area contributed by atoms with Gasteiger partial charge in [0.25, 0.3) is 0 Å². The minimum absolute atomic E-state index is 0.287. The Morgan fingerprint density at radius 3 is 2.45 bits per heavy atom. The van der Waals surface area contributed by atoms with Crippen molar-refractivity contribution in [2.24, 2.45) is 0 Å². The van der Waals surface area contributed by atoms with E-state index < -0.39 is 5.97 Å². The van der Waals surface area contributed by atoms with Crippen LogP contribution in [0.25, 0.3) is 0 Å². The third kappa shape index (κ3) is 2.40. The lowest BCUT2D eigenvalue weighted by atomic mass is 10.2. The fraction of sp³-hybridized carbons (Fsp3) is 0.357. The van der Waals surface area contributed by atoms with Gasteiger partial charge in [-0.2, -0.15) is 0 Å². The van der Waals surface area contributed by atoms with Crippen LogP contribution in [0.1, 0.15) is 11.9 Å². The van der Waals surface area contributed by atoms with Crippen LogP contribution in [0.4, 0.5) is 5.69 Å². The largest absolute Gasteiger partial charge is 0.478 e. The van der Waals surface area contributed by atoms with Crippen LogP contribution in [0.15, 0.2) is 36.0 Å². The first-order chi connectivity index (χ1) is 9.65. The van der Waals surface area contributed by atoms with E-state index >= 15 is 0 Å². The van der Waals surface area contributed by atoms with Crippen LogP contribution >= 0.6 is 0 Å². The molecule has 0 atom stereocenters. The number of nitrogens with zero attached hydrogens (tertiary/aromatic N) is 2. The summed E-state index contributed by atoms with van der Waals surface area (Å²) in [5, 5.41) is 12.7. The molecule has 0 saturated carbocycles. The molecule has 2 heterocycles. The molecule has 0 amide bonds. The number of carboxylic acids is 1. The van der Waals surface area contributed by atoms with Gasteiger partial charge < -0.3 is 14.6 Å². The monoisotopic (exact) mass is 276 g/mol. The van der Waals surface area contributed by atoms with Gasteiger partial charge in [0.15, 0.2) is 6.29 Å². The molecule has 106 valence electrons. The molecule has 3 rings (SSSR count). The SMILES string of the molecule is CN1CC(C(=O)O)=CN1c1ccc(C2OCCO2)cc1. The molecule has 0 radical (unpaired) electrons. The molecule has 20 heavy (non-hydrogen) atoms. The molecule has 0 spiro atoms. The van der Waals surface area contributed by atoms with E-state index in [0.29, 0.717) is 25.3 Å². The number of likely N-dealkylation sites (N-methyl/N-ethyl adjacent to an activating group) is 1. The first-order valence-electron chi connectivity index (χ1n) is 6.42. The highest BCUT2D eigenvalue weighted by atomic mass is 16.7. The molecule has 1 saturated heterocycles. The second-order valence-electron chi connectivity index (χ2n) is 4.78. The van der Waals surface area contributed by atoms with Gasteiger partial charge in [-0.1, -0.05) is 12.1 Å². The van der Waals surface area contributed by atoms with Crippen molar-refractivity contribution in [1.82, 2.24) is 5.01 Å². The van der Waals surface area contributed by atoms with Gasteiger partial charge in [-0.3, -0.25) is 5.01 Å². The van der Waals surface area contributed by atoms with E-state index in [2.05, 4.69) is 0 Å². The smallest absolute Gasteiger partial charge is 0.334 e. The Kier molecular flexibility index (Phi) is 3.43. The van der Waals surface area contributed by atoms with Crippen molar-refractivity contribution in [3.63, 3.8) is 0 Å². The van der Waals surface area contributed by atoms with E-state index in [-0.39, 0.29) is 6.29 Å². The zero-order valence-electron chi connectivity index (χ0n) is 11.2. The number of anilines is 1. The van der Waals surface area contributed by atoms with Gasteiger partial charge in [0.1, 0.15) is 0 Å². The van der Waals surface area contributed by atoms with E-state index in [4.69, 9.17) is 14.6 Å². The number of ether oxygens (including phenoxy) is 2. The Bertz CT molecular complexity index is 535. The highest BCUT2D eigenvalue weighted by molar-refractivity contribution is 5.88. The number of rotatable bonds is 3. The second-order valence-corrected chi connectivity index (χ2v) is 4.78. The van der Waals surface area contributed by atoms with Crippen molar-refractivity contribution < 1.29 is 19.4 Å². The van der Waals surface area contributed by atoms with Gasteiger partial charge in [0, 0.05) is 18.8 Å². The van der Waals surface area contributed by atoms with Gasteiger partial charge in [0.2, 0.25) is 0 Å². The molecule has 6 heteroatoms. The Morgan fingerprint density at radius 2 is 1.90 bits per heavy atom. The quantitative estimate of drug-likeness (QED) is 0.899. The van der Waals surface area contributed by atoms with Gasteiger partial charge >= 0.3 is 5.97 Å². The lowest BCUT2D eigenvalue weighted by Crippen LogP contribution is -2.31. The van der Waals surface area contributed by atoms with Crippen LogP contribution in [-0.4, -0.2) is 42.9 Å². The molecule has 1 aromatic rings. The maximum absolute atomic E-state index is 11.0. The van der Waals surface area contributed by atoms with Gasteiger partial charge in [-0.05, 0) is 12.1 Å². The number of hydrogen-bond donors (Lipinski definition) is 1. The highest BCUT2D eigenvalue weighted by Crippen LogP contribution is 2.27. The molecule has 2 aliphatic heterocycles. The zero-order chi connectivity index (χ0) is 14.1. The normalized spacial score (nSPS) is 20.4. The summed E-state index contributed by atoms with van der Waals surface area (Å²) in [5.41, 5.74) is 2.25. The zero-order valence-corrected chi connectivity index (χ0v) is 11.2. The number of carbonyl (C=O) groups is 1. The number of carboxylic acid groups (broad SMARTS) is 1. The summed E-state index contributed by atoms with van der Waals surface area (Å²) < 4.78 is 10.9. The first kappa shape index (κ1) is 13.1. The average Bonchev–Trinajstić information content (AvgIpc) is 3.08. The topological polar surface area (TPSA) is 62.2 Å². The summed E-state index contributed by atoms with van der Waals surface area (Å²) >= 11 is 0. The van der Waals surface area contributed by atoms with Gasteiger partial charge in [-0.25, -0.2) is 9.80 Å². The predicted octanol–water partition coefficient (Wildman–Crippen LogP) is 1.37. The van der Waals surface area contributed by atoms with Crippen molar-refractivity contribution in [3.05, 3.63) is 41.6 Å². The van der Waals surface area contributed by atoms with Crippen molar-refractivity contribution in [3.8, 4) is 0 Å². The minimum atomic E-state index is -0.885. The molecule has 1 fully saturated rings. The Morgan fingerprint density at radius 1 is 1.25 bits per heavy atom. The van der Waals surface area contributed by atoms with Crippen LogP contribution in [0.3, 0.4) is 0 Å². The second kappa shape index (κ2) is 5.24. The van der Waals surface area contributed by atoms with E-state index in [0.717, 1.165) is 11.3 Å². The Labute approximate surface area is 116 Å². The molecule has 0 aliphatic carbocycles. The predicted molar refractivity (Wildman–Crippen MR) is 71.9 cm³/mol. The van der Waals surface area contributed by atoms with E-state index in [1.54, 1.807) is 6.20 Å². The average molecular weight is 276 g/mol. The van der Waals surface area contributed by atoms with E-state index in [1.807, 2.05) is 41.3 Å². The van der Waals surface area contributed by atoms with Crippen LogP contribution in [0.2, 0.25) is 0 Å². The van der Waals surface area contributed by atoms with Crippen LogP contribution in [-0.2, 0) is 14.3 Å². The summed E-state index contributed by atoms with van der Waals surface area (Å²) in [5.74, 6) is -0.885. The fourth-order valence-electron chi connectivity index (χ4n) is 2.34. The summed E-state index contributed by atoms with van der Waals surface area (Å²) in [4.78, 5) is 11.0. The molecule has 0 unspecified atom stereocenters.